The molecule has 16 heavy (non-hydrogen) atoms. The molecule has 0 atom stereocenters. The molecule has 0 aromatic rings. The minimum absolute atomic E-state index is 0.198. The molecule has 0 radical (unpaired) electrons. The van der Waals surface area contributed by atoms with Crippen molar-refractivity contribution in [1.29, 1.82) is 0 Å². The van der Waals surface area contributed by atoms with Crippen molar-refractivity contribution in [2.45, 2.75) is 26.7 Å². The minimum Gasteiger partial charge on any atom is -0.356 e. The molecular formula is C12H25N3O. The second-order valence-electron chi connectivity index (χ2n) is 4.89. The van der Waals surface area contributed by atoms with E-state index in [4.69, 9.17) is 0 Å². The molecule has 1 aliphatic heterocycles. The third kappa shape index (κ3) is 6.08. The molecule has 0 aromatic heterocycles. The number of rotatable bonds is 6. The maximum atomic E-state index is 11.4. The Bertz CT molecular complexity index is 200. The standard InChI is InChI=1S/C12H25N3O/c1-11(2)10-14-12(16)4-3-7-15-8-5-13-6-9-15/h11,13H,3-10H2,1-2H3,(H,14,16). The molecule has 0 aromatic carbocycles. The van der Waals surface area contributed by atoms with Crippen LogP contribution in [-0.2, 0) is 4.79 Å². The fourth-order valence-corrected chi connectivity index (χ4v) is 1.80. The lowest BCUT2D eigenvalue weighted by atomic mass is 10.2. The van der Waals surface area contributed by atoms with Gasteiger partial charge in [-0.1, -0.05) is 13.8 Å². The number of nitrogens with zero attached hydrogens (tertiary/aromatic N) is 1. The first-order chi connectivity index (χ1) is 7.68. The van der Waals surface area contributed by atoms with Crippen LogP contribution in [0.3, 0.4) is 0 Å². The maximum absolute atomic E-state index is 11.4. The molecule has 0 bridgehead atoms. The van der Waals surface area contributed by atoms with Crippen LogP contribution in [0, 0.1) is 5.92 Å². The molecule has 0 unspecified atom stereocenters. The third-order valence-electron chi connectivity index (χ3n) is 2.80. The molecule has 1 fully saturated rings. The fourth-order valence-electron chi connectivity index (χ4n) is 1.80. The van der Waals surface area contributed by atoms with Crippen LogP contribution >= 0.6 is 0 Å². The van der Waals surface area contributed by atoms with Crippen LogP contribution in [0.2, 0.25) is 0 Å². The van der Waals surface area contributed by atoms with Gasteiger partial charge >= 0.3 is 0 Å². The summed E-state index contributed by atoms with van der Waals surface area (Å²) in [4.78, 5) is 13.9. The van der Waals surface area contributed by atoms with Gasteiger partial charge < -0.3 is 15.5 Å². The first-order valence-corrected chi connectivity index (χ1v) is 6.38. The highest BCUT2D eigenvalue weighted by molar-refractivity contribution is 5.75. The van der Waals surface area contributed by atoms with Crippen LogP contribution < -0.4 is 10.6 Å². The van der Waals surface area contributed by atoms with Crippen molar-refractivity contribution in [2.24, 2.45) is 5.92 Å². The molecule has 1 aliphatic rings. The molecule has 2 N–H and O–H groups in total. The number of nitrogens with one attached hydrogen (secondary N) is 2. The van der Waals surface area contributed by atoms with Crippen molar-refractivity contribution in [1.82, 2.24) is 15.5 Å². The Labute approximate surface area is 98.8 Å². The number of piperazine rings is 1. The zero-order chi connectivity index (χ0) is 11.8. The molecule has 4 nitrogen and oxygen atoms in total. The summed E-state index contributed by atoms with van der Waals surface area (Å²) in [5.41, 5.74) is 0. The van der Waals surface area contributed by atoms with Gasteiger partial charge in [0, 0.05) is 39.1 Å². The van der Waals surface area contributed by atoms with Crippen LogP contribution in [0.1, 0.15) is 26.7 Å². The molecule has 94 valence electrons. The Morgan fingerprint density at radius 3 is 2.69 bits per heavy atom. The van der Waals surface area contributed by atoms with Gasteiger partial charge in [0.1, 0.15) is 0 Å². The highest BCUT2D eigenvalue weighted by atomic mass is 16.1. The van der Waals surface area contributed by atoms with Crippen molar-refractivity contribution in [2.75, 3.05) is 39.3 Å². The van der Waals surface area contributed by atoms with Crippen LogP contribution in [0.4, 0.5) is 0 Å². The number of hydrogen-bond acceptors (Lipinski definition) is 3. The van der Waals surface area contributed by atoms with Crippen molar-refractivity contribution in [3.05, 3.63) is 0 Å². The lowest BCUT2D eigenvalue weighted by Crippen LogP contribution is -2.43. The van der Waals surface area contributed by atoms with Gasteiger partial charge in [-0.3, -0.25) is 4.79 Å². The van der Waals surface area contributed by atoms with Gasteiger partial charge in [0.05, 0.1) is 0 Å². The smallest absolute Gasteiger partial charge is 0.220 e. The topological polar surface area (TPSA) is 44.4 Å². The van der Waals surface area contributed by atoms with Crippen molar-refractivity contribution in [3.63, 3.8) is 0 Å². The predicted octanol–water partition coefficient (Wildman–Crippen LogP) is 0.444. The Morgan fingerprint density at radius 1 is 1.38 bits per heavy atom. The quantitative estimate of drug-likeness (QED) is 0.692. The summed E-state index contributed by atoms with van der Waals surface area (Å²) in [6, 6.07) is 0. The Kier molecular flexibility index (Phi) is 6.42. The highest BCUT2D eigenvalue weighted by Crippen LogP contribution is 1.98. The van der Waals surface area contributed by atoms with Crippen LogP contribution in [-0.4, -0.2) is 50.1 Å². The molecule has 0 saturated carbocycles. The van der Waals surface area contributed by atoms with Gasteiger partial charge in [-0.2, -0.15) is 0 Å². The van der Waals surface area contributed by atoms with E-state index in [9.17, 15) is 4.79 Å². The van der Waals surface area contributed by atoms with Gasteiger partial charge in [0.2, 0.25) is 5.91 Å². The van der Waals surface area contributed by atoms with E-state index >= 15 is 0 Å². The number of hydrogen-bond donors (Lipinski definition) is 2. The summed E-state index contributed by atoms with van der Waals surface area (Å²) >= 11 is 0. The van der Waals surface area contributed by atoms with E-state index in [1.807, 2.05) is 0 Å². The Balaban J connectivity index is 1.99. The van der Waals surface area contributed by atoms with E-state index in [0.717, 1.165) is 45.7 Å². The summed E-state index contributed by atoms with van der Waals surface area (Å²) in [7, 11) is 0. The van der Waals surface area contributed by atoms with E-state index in [-0.39, 0.29) is 5.91 Å². The van der Waals surface area contributed by atoms with Crippen LogP contribution in [0.5, 0.6) is 0 Å². The Morgan fingerprint density at radius 2 is 2.06 bits per heavy atom. The van der Waals surface area contributed by atoms with Crippen molar-refractivity contribution >= 4 is 5.91 Å². The molecular weight excluding hydrogens is 202 g/mol. The Hall–Kier alpha value is -0.610. The van der Waals surface area contributed by atoms with Crippen molar-refractivity contribution < 1.29 is 4.79 Å². The molecule has 1 saturated heterocycles. The second kappa shape index (κ2) is 7.63. The fraction of sp³-hybridized carbons (Fsp3) is 0.917. The molecule has 1 heterocycles. The lowest BCUT2D eigenvalue weighted by molar-refractivity contribution is -0.121. The highest BCUT2D eigenvalue weighted by Gasteiger charge is 2.09. The third-order valence-corrected chi connectivity index (χ3v) is 2.80. The first kappa shape index (κ1) is 13.5. The van der Waals surface area contributed by atoms with E-state index in [1.54, 1.807) is 0 Å². The summed E-state index contributed by atoms with van der Waals surface area (Å²) in [5.74, 6) is 0.737. The van der Waals surface area contributed by atoms with Gasteiger partial charge in [-0.15, -0.1) is 0 Å². The molecule has 4 heteroatoms. The van der Waals surface area contributed by atoms with Crippen molar-refractivity contribution in [3.8, 4) is 0 Å². The van der Waals surface area contributed by atoms with E-state index < -0.39 is 0 Å². The predicted molar refractivity (Wildman–Crippen MR) is 66.4 cm³/mol. The summed E-state index contributed by atoms with van der Waals surface area (Å²) in [6.45, 7) is 10.5. The monoisotopic (exact) mass is 227 g/mol. The summed E-state index contributed by atoms with van der Waals surface area (Å²) < 4.78 is 0. The number of carbonyl (C=O) groups is 1. The average Bonchev–Trinajstić information content (AvgIpc) is 2.28. The average molecular weight is 227 g/mol. The maximum Gasteiger partial charge on any atom is 0.220 e. The van der Waals surface area contributed by atoms with Crippen LogP contribution in [0.25, 0.3) is 0 Å². The second-order valence-corrected chi connectivity index (χ2v) is 4.89. The zero-order valence-electron chi connectivity index (χ0n) is 10.6. The summed E-state index contributed by atoms with van der Waals surface area (Å²) in [5, 5.41) is 6.28. The SMILES string of the molecule is CC(C)CNC(=O)CCCN1CCNCC1. The molecule has 1 amide bonds. The minimum atomic E-state index is 0.198. The normalized spacial score (nSPS) is 17.7. The van der Waals surface area contributed by atoms with E-state index in [2.05, 4.69) is 29.4 Å². The molecule has 0 aliphatic carbocycles. The van der Waals surface area contributed by atoms with E-state index in [1.165, 1.54) is 0 Å². The zero-order valence-corrected chi connectivity index (χ0v) is 10.6. The van der Waals surface area contributed by atoms with Gasteiger partial charge in [-0.25, -0.2) is 0 Å². The molecule has 0 spiro atoms. The summed E-state index contributed by atoms with van der Waals surface area (Å²) in [6.07, 6.45) is 1.64. The van der Waals surface area contributed by atoms with E-state index in [0.29, 0.717) is 12.3 Å². The first-order valence-electron chi connectivity index (χ1n) is 6.38. The molecule has 1 rings (SSSR count). The lowest BCUT2D eigenvalue weighted by Gasteiger charge is -2.26. The van der Waals surface area contributed by atoms with Crippen LogP contribution in [0.15, 0.2) is 0 Å². The number of amides is 1. The van der Waals surface area contributed by atoms with Gasteiger partial charge in [-0.05, 0) is 18.9 Å². The largest absolute Gasteiger partial charge is 0.356 e. The van der Waals surface area contributed by atoms with Gasteiger partial charge in [0.15, 0.2) is 0 Å². The number of carbonyl (C=O) groups excluding carboxylic acids is 1. The van der Waals surface area contributed by atoms with Gasteiger partial charge in [0.25, 0.3) is 0 Å².